The van der Waals surface area contributed by atoms with Gasteiger partial charge in [-0.3, -0.25) is 14.9 Å². The third-order valence-corrected chi connectivity index (χ3v) is 4.55. The first-order valence-corrected chi connectivity index (χ1v) is 9.28. The summed E-state index contributed by atoms with van der Waals surface area (Å²) in [6, 6.07) is 11.2. The highest BCUT2D eigenvalue weighted by Gasteiger charge is 2.28. The number of benzene rings is 2. The highest BCUT2D eigenvalue weighted by Crippen LogP contribution is 2.35. The van der Waals surface area contributed by atoms with Gasteiger partial charge < -0.3 is 19.4 Å². The van der Waals surface area contributed by atoms with Gasteiger partial charge in [0.15, 0.2) is 11.5 Å². The normalized spacial score (nSPS) is 11.6. The molecule has 3 rings (SSSR count). The molecule has 0 aliphatic carbocycles. The van der Waals surface area contributed by atoms with Crippen LogP contribution in [0.1, 0.15) is 34.7 Å². The molecule has 0 aliphatic rings. The zero-order chi connectivity index (χ0) is 21.7. The number of rotatable bonds is 8. The van der Waals surface area contributed by atoms with E-state index >= 15 is 0 Å². The molecule has 0 saturated heterocycles. The second-order valence-corrected chi connectivity index (χ2v) is 6.42. The van der Waals surface area contributed by atoms with Gasteiger partial charge in [-0.2, -0.15) is 0 Å². The van der Waals surface area contributed by atoms with Crippen molar-refractivity contribution in [2.24, 2.45) is 7.05 Å². The number of aryl methyl sites for hydroxylation is 1. The van der Waals surface area contributed by atoms with Crippen LogP contribution in [0.3, 0.4) is 0 Å². The molecule has 0 radical (unpaired) electrons. The van der Waals surface area contributed by atoms with Crippen LogP contribution in [-0.4, -0.2) is 34.1 Å². The lowest BCUT2D eigenvalue weighted by molar-refractivity contribution is -0.385. The van der Waals surface area contributed by atoms with Gasteiger partial charge in [0.1, 0.15) is 17.4 Å². The Labute approximate surface area is 173 Å². The zero-order valence-electron chi connectivity index (χ0n) is 16.9. The number of hydrogen-bond donors (Lipinski definition) is 1. The van der Waals surface area contributed by atoms with E-state index in [1.165, 1.54) is 19.2 Å². The average molecular weight is 410 g/mol. The van der Waals surface area contributed by atoms with Crippen molar-refractivity contribution in [3.63, 3.8) is 0 Å². The van der Waals surface area contributed by atoms with Gasteiger partial charge >= 0.3 is 0 Å². The van der Waals surface area contributed by atoms with Crippen LogP contribution in [0.2, 0.25) is 0 Å². The van der Waals surface area contributed by atoms with Crippen molar-refractivity contribution in [3.05, 3.63) is 81.9 Å². The molecule has 1 unspecified atom stereocenters. The van der Waals surface area contributed by atoms with Crippen LogP contribution in [0, 0.1) is 10.1 Å². The zero-order valence-corrected chi connectivity index (χ0v) is 16.9. The number of nitro groups is 1. The van der Waals surface area contributed by atoms with E-state index in [4.69, 9.17) is 9.47 Å². The summed E-state index contributed by atoms with van der Waals surface area (Å²) in [4.78, 5) is 28.5. The Morgan fingerprint density at radius 3 is 2.57 bits per heavy atom. The van der Waals surface area contributed by atoms with E-state index < -0.39 is 16.9 Å². The van der Waals surface area contributed by atoms with Crippen molar-refractivity contribution in [3.8, 4) is 11.5 Å². The Kier molecular flexibility index (Phi) is 6.31. The number of nitro benzene ring substituents is 1. The van der Waals surface area contributed by atoms with Crippen LogP contribution < -0.4 is 14.8 Å². The highest BCUT2D eigenvalue weighted by molar-refractivity contribution is 5.99. The van der Waals surface area contributed by atoms with Crippen molar-refractivity contribution in [1.82, 2.24) is 14.9 Å². The number of methoxy groups -OCH3 is 1. The Morgan fingerprint density at radius 2 is 2.00 bits per heavy atom. The fraction of sp³-hybridized carbons (Fsp3) is 0.238. The summed E-state index contributed by atoms with van der Waals surface area (Å²) in [5, 5.41) is 14.5. The maximum absolute atomic E-state index is 13.2. The van der Waals surface area contributed by atoms with E-state index in [-0.39, 0.29) is 22.7 Å². The van der Waals surface area contributed by atoms with Crippen LogP contribution in [-0.2, 0) is 7.05 Å². The van der Waals surface area contributed by atoms with Crippen molar-refractivity contribution < 1.29 is 19.2 Å². The lowest BCUT2D eigenvalue weighted by Crippen LogP contribution is -2.31. The molecule has 0 aliphatic heterocycles. The molecule has 1 amide bonds. The second kappa shape index (κ2) is 9.08. The molecule has 30 heavy (non-hydrogen) atoms. The van der Waals surface area contributed by atoms with E-state index in [1.807, 2.05) is 37.4 Å². The molecular formula is C21H22N4O5. The smallest absolute Gasteiger partial charge is 0.286 e. The van der Waals surface area contributed by atoms with Crippen molar-refractivity contribution in [2.75, 3.05) is 13.7 Å². The minimum Gasteiger partial charge on any atom is -0.493 e. The van der Waals surface area contributed by atoms with E-state index in [0.29, 0.717) is 12.4 Å². The first kappa shape index (κ1) is 20.8. The minimum atomic E-state index is -0.623. The average Bonchev–Trinajstić information content (AvgIpc) is 3.17. The van der Waals surface area contributed by atoms with E-state index in [2.05, 4.69) is 10.3 Å². The summed E-state index contributed by atoms with van der Waals surface area (Å²) in [5.41, 5.74) is 0.292. The lowest BCUT2D eigenvalue weighted by atomic mass is 10.0. The summed E-state index contributed by atoms with van der Waals surface area (Å²) in [6.07, 6.45) is 3.39. The number of imidazole rings is 1. The van der Waals surface area contributed by atoms with Crippen molar-refractivity contribution in [1.29, 1.82) is 0 Å². The van der Waals surface area contributed by atoms with Crippen LogP contribution in [0.15, 0.2) is 54.9 Å². The number of aromatic nitrogens is 2. The molecule has 0 fully saturated rings. The number of nitrogens with one attached hydrogen (secondary N) is 1. The van der Waals surface area contributed by atoms with Gasteiger partial charge in [-0.1, -0.05) is 30.3 Å². The summed E-state index contributed by atoms with van der Waals surface area (Å²) in [7, 11) is 3.20. The fourth-order valence-corrected chi connectivity index (χ4v) is 3.12. The number of hydrogen-bond acceptors (Lipinski definition) is 6. The SMILES string of the molecule is CCOc1cc(C(=O)NC(c2ccccc2)c2nccn2C)c([N+](=O)[O-])cc1OC. The lowest BCUT2D eigenvalue weighted by Gasteiger charge is -2.19. The molecule has 1 heterocycles. The van der Waals surface area contributed by atoms with E-state index in [0.717, 1.165) is 5.56 Å². The number of carbonyl (C=O) groups excluding carboxylic acids is 1. The van der Waals surface area contributed by atoms with Crippen LogP contribution in [0.5, 0.6) is 11.5 Å². The summed E-state index contributed by atoms with van der Waals surface area (Å²) in [5.74, 6) is 0.408. The molecule has 9 nitrogen and oxygen atoms in total. The number of nitrogens with zero attached hydrogens (tertiary/aromatic N) is 3. The molecule has 1 aromatic heterocycles. The van der Waals surface area contributed by atoms with Gasteiger partial charge in [-0.15, -0.1) is 0 Å². The summed E-state index contributed by atoms with van der Waals surface area (Å²) in [6.45, 7) is 2.09. The molecule has 9 heteroatoms. The van der Waals surface area contributed by atoms with Gasteiger partial charge in [-0.25, -0.2) is 4.98 Å². The first-order chi connectivity index (χ1) is 14.5. The predicted octanol–water partition coefficient (Wildman–Crippen LogP) is 3.26. The molecular weight excluding hydrogens is 388 g/mol. The maximum atomic E-state index is 13.2. The fourth-order valence-electron chi connectivity index (χ4n) is 3.12. The molecule has 1 N–H and O–H groups in total. The van der Waals surface area contributed by atoms with Crippen LogP contribution in [0.25, 0.3) is 0 Å². The van der Waals surface area contributed by atoms with Crippen LogP contribution in [0.4, 0.5) is 5.69 Å². The van der Waals surface area contributed by atoms with Gasteiger partial charge in [0.05, 0.1) is 24.7 Å². The maximum Gasteiger partial charge on any atom is 0.286 e. The van der Waals surface area contributed by atoms with E-state index in [9.17, 15) is 14.9 Å². The topological polar surface area (TPSA) is 109 Å². The molecule has 2 aromatic carbocycles. The Morgan fingerprint density at radius 1 is 1.27 bits per heavy atom. The Bertz CT molecular complexity index is 1050. The molecule has 0 saturated carbocycles. The molecule has 0 bridgehead atoms. The third kappa shape index (κ3) is 4.24. The second-order valence-electron chi connectivity index (χ2n) is 6.42. The minimum absolute atomic E-state index is 0.126. The molecule has 3 aromatic rings. The predicted molar refractivity (Wildman–Crippen MR) is 110 cm³/mol. The summed E-state index contributed by atoms with van der Waals surface area (Å²) >= 11 is 0. The van der Waals surface area contributed by atoms with E-state index in [1.54, 1.807) is 23.9 Å². The molecule has 1 atom stereocenters. The van der Waals surface area contributed by atoms with Crippen LogP contribution >= 0.6 is 0 Å². The van der Waals surface area contributed by atoms with Crippen molar-refractivity contribution in [2.45, 2.75) is 13.0 Å². The Hall–Kier alpha value is -3.88. The molecule has 156 valence electrons. The quantitative estimate of drug-likeness (QED) is 0.451. The highest BCUT2D eigenvalue weighted by atomic mass is 16.6. The van der Waals surface area contributed by atoms with Gasteiger partial charge in [-0.05, 0) is 12.5 Å². The Balaban J connectivity index is 2.05. The van der Waals surface area contributed by atoms with Gasteiger partial charge in [0.25, 0.3) is 11.6 Å². The standard InChI is InChI=1S/C21H22N4O5/c1-4-30-18-12-15(16(25(27)28)13-17(18)29-3)21(26)23-19(14-8-6-5-7-9-14)20-22-10-11-24(20)2/h5-13,19H,4H2,1-3H3,(H,23,26). The number of amides is 1. The first-order valence-electron chi connectivity index (χ1n) is 9.28. The number of ether oxygens (including phenoxy) is 2. The number of carbonyl (C=O) groups is 1. The van der Waals surface area contributed by atoms with Crippen molar-refractivity contribution >= 4 is 11.6 Å². The van der Waals surface area contributed by atoms with Gasteiger partial charge in [0, 0.05) is 25.5 Å². The molecule has 0 spiro atoms. The third-order valence-electron chi connectivity index (χ3n) is 4.55. The monoisotopic (exact) mass is 410 g/mol. The largest absolute Gasteiger partial charge is 0.493 e. The summed E-state index contributed by atoms with van der Waals surface area (Å²) < 4.78 is 12.4. The van der Waals surface area contributed by atoms with Gasteiger partial charge in [0.2, 0.25) is 0 Å².